The van der Waals surface area contributed by atoms with Gasteiger partial charge >= 0.3 is 11.9 Å². The number of amides is 2. The zero-order valence-electron chi connectivity index (χ0n) is 28.2. The molecule has 2 N–H and O–H groups in total. The zero-order chi connectivity index (χ0) is 35.1. The zero-order valence-corrected chi connectivity index (χ0v) is 29.8. The Kier molecular flexibility index (Phi) is 13.3. The molecule has 5 unspecified atom stereocenters. The molecule has 0 radical (unpaired) electrons. The Morgan fingerprint density at radius 3 is 1.91 bits per heavy atom. The van der Waals surface area contributed by atoms with Crippen LogP contribution >= 0.6 is 21.6 Å². The second-order valence-corrected chi connectivity index (χ2v) is 15.9. The van der Waals surface area contributed by atoms with Gasteiger partial charge in [-0.1, -0.05) is 72.2 Å². The summed E-state index contributed by atoms with van der Waals surface area (Å²) < 4.78 is 43.8. The van der Waals surface area contributed by atoms with Crippen molar-refractivity contribution in [1.29, 1.82) is 0 Å². The summed E-state index contributed by atoms with van der Waals surface area (Å²) >= 11 is 0. The minimum absolute atomic E-state index is 0.401. The number of nitrogens with one attached hydrogen (secondary N) is 2. The molecule has 0 fully saturated rings. The Labute approximate surface area is 278 Å². The molecule has 2 rings (SSSR count). The molecule has 0 bridgehead atoms. The summed E-state index contributed by atoms with van der Waals surface area (Å²) in [6, 6.07) is 12.6. The quantitative estimate of drug-likeness (QED) is 0.131. The van der Waals surface area contributed by atoms with Crippen molar-refractivity contribution in [2.24, 2.45) is 5.92 Å². The van der Waals surface area contributed by atoms with Gasteiger partial charge in [-0.2, -0.15) is 0 Å². The largest absolute Gasteiger partial charge is 0.458 e. The van der Waals surface area contributed by atoms with Crippen molar-refractivity contribution in [3.63, 3.8) is 0 Å². The van der Waals surface area contributed by atoms with Crippen LogP contribution in [-0.4, -0.2) is 57.5 Å². The lowest BCUT2D eigenvalue weighted by atomic mass is 9.78. The van der Waals surface area contributed by atoms with Crippen LogP contribution < -0.4 is 10.6 Å². The molecule has 12 heteroatoms. The summed E-state index contributed by atoms with van der Waals surface area (Å²) in [6.45, 7) is 15.5. The van der Waals surface area contributed by atoms with Gasteiger partial charge < -0.3 is 20.1 Å². The molecule has 2 aromatic carbocycles. The van der Waals surface area contributed by atoms with Gasteiger partial charge in [-0.15, -0.1) is 0 Å². The van der Waals surface area contributed by atoms with Crippen LogP contribution in [0.4, 0.5) is 8.78 Å². The minimum Gasteiger partial charge on any atom is -0.458 e. The molecule has 0 aliphatic heterocycles. The fourth-order valence-corrected chi connectivity index (χ4v) is 6.79. The summed E-state index contributed by atoms with van der Waals surface area (Å²) in [4.78, 5) is 56.7. The first-order valence-corrected chi connectivity index (χ1v) is 17.3. The van der Waals surface area contributed by atoms with E-state index >= 15 is 4.39 Å². The van der Waals surface area contributed by atoms with Crippen molar-refractivity contribution >= 4 is 45.3 Å². The maximum atomic E-state index is 17.7. The molecule has 0 saturated carbocycles. The molecule has 0 aliphatic carbocycles. The predicted molar refractivity (Wildman–Crippen MR) is 179 cm³/mol. The van der Waals surface area contributed by atoms with Gasteiger partial charge in [-0.25, -0.2) is 18.4 Å². The Bertz CT molecular complexity index is 1380. The second-order valence-electron chi connectivity index (χ2n) is 13.3. The first-order valence-electron chi connectivity index (χ1n) is 15.1. The number of alkyl halides is 1. The van der Waals surface area contributed by atoms with Crippen LogP contribution in [-0.2, 0) is 23.9 Å². The first-order chi connectivity index (χ1) is 21.2. The van der Waals surface area contributed by atoms with E-state index in [0.29, 0.717) is 6.42 Å². The molecule has 0 heterocycles. The topological polar surface area (TPSA) is 111 Å². The van der Waals surface area contributed by atoms with Crippen LogP contribution in [0.1, 0.15) is 86.0 Å². The van der Waals surface area contributed by atoms with E-state index in [0.717, 1.165) is 34.7 Å². The van der Waals surface area contributed by atoms with Gasteiger partial charge in [0.15, 0.2) is 5.67 Å². The van der Waals surface area contributed by atoms with Crippen molar-refractivity contribution < 1.29 is 37.4 Å². The van der Waals surface area contributed by atoms with Crippen molar-refractivity contribution in [3.05, 3.63) is 66.0 Å². The third kappa shape index (κ3) is 9.94. The molecular formula is C34H46F2N2O6S2. The fraction of sp³-hybridized carbons (Fsp3) is 0.529. The van der Waals surface area contributed by atoms with E-state index in [-0.39, 0.29) is 0 Å². The van der Waals surface area contributed by atoms with Gasteiger partial charge in [-0.05, 0) is 85.6 Å². The Hall–Kier alpha value is -3.12. The van der Waals surface area contributed by atoms with Gasteiger partial charge in [0.25, 0.3) is 17.4 Å². The number of carbonyl (C=O) groups is 4. The highest BCUT2D eigenvalue weighted by molar-refractivity contribution is 8.77. The molecule has 0 aromatic heterocycles. The standard InChI is InChI=1S/C34H46F2N2O6S2/c1-11-21(2)26(28(40)43-31(4,5)6)37-29(41)34(30(42)44-32(7,8)9,38-27(39)24-19-15-16-20-25(24)35)33(10,36)22(3)45-46-23-17-13-12-14-18-23/h12-22,26H,11H2,1-10H3,(H,37,41)(H,38,39). The number of hydrogen-bond donors (Lipinski definition) is 2. The summed E-state index contributed by atoms with van der Waals surface area (Å²) in [7, 11) is 2.23. The van der Waals surface area contributed by atoms with Gasteiger partial charge in [0.2, 0.25) is 0 Å². The van der Waals surface area contributed by atoms with Crippen LogP contribution in [0.2, 0.25) is 0 Å². The van der Waals surface area contributed by atoms with Crippen LogP contribution in [0, 0.1) is 11.7 Å². The molecule has 0 aliphatic rings. The average molecular weight is 681 g/mol. The molecule has 8 nitrogen and oxygen atoms in total. The number of halogens is 2. The van der Waals surface area contributed by atoms with E-state index < -0.39 is 74.8 Å². The molecule has 5 atom stereocenters. The Balaban J connectivity index is 2.79. The van der Waals surface area contributed by atoms with Crippen LogP contribution in [0.25, 0.3) is 0 Å². The fourth-order valence-electron chi connectivity index (χ4n) is 4.26. The van der Waals surface area contributed by atoms with Gasteiger partial charge in [0.1, 0.15) is 23.1 Å². The number of carbonyl (C=O) groups excluding carboxylic acids is 4. The lowest BCUT2D eigenvalue weighted by Crippen LogP contribution is -2.77. The van der Waals surface area contributed by atoms with Crippen molar-refractivity contribution in [2.45, 2.75) is 114 Å². The van der Waals surface area contributed by atoms with E-state index in [1.807, 2.05) is 18.2 Å². The Morgan fingerprint density at radius 2 is 1.39 bits per heavy atom. The maximum absolute atomic E-state index is 17.7. The van der Waals surface area contributed by atoms with Crippen molar-refractivity contribution in [1.82, 2.24) is 10.6 Å². The Morgan fingerprint density at radius 1 is 0.848 bits per heavy atom. The molecule has 0 spiro atoms. The number of benzene rings is 2. The normalized spacial score (nSPS) is 16.5. The lowest BCUT2D eigenvalue weighted by molar-refractivity contribution is -0.175. The summed E-state index contributed by atoms with van der Waals surface area (Å²) in [5, 5.41) is 3.62. The van der Waals surface area contributed by atoms with E-state index in [1.165, 1.54) is 50.6 Å². The second kappa shape index (κ2) is 15.6. The molecule has 254 valence electrons. The summed E-state index contributed by atoms with van der Waals surface area (Å²) in [5.74, 6) is -6.28. The van der Waals surface area contributed by atoms with E-state index in [2.05, 4.69) is 10.6 Å². The number of rotatable bonds is 13. The smallest absolute Gasteiger partial charge is 0.345 e. The summed E-state index contributed by atoms with van der Waals surface area (Å²) in [5.41, 5.74) is -8.68. The van der Waals surface area contributed by atoms with Crippen molar-refractivity contribution in [2.75, 3.05) is 0 Å². The molecule has 2 amide bonds. The molecular weight excluding hydrogens is 635 g/mol. The first kappa shape index (κ1) is 39.1. The SMILES string of the molecule is CCC(C)C(NC(=O)C(NC(=O)c1ccccc1F)(C(=O)OC(C)(C)C)C(C)(F)C(C)SSc1ccccc1)C(=O)OC(C)(C)C. The molecule has 2 aromatic rings. The number of ether oxygens (including phenoxy) is 2. The van der Waals surface area contributed by atoms with Crippen LogP contribution in [0.3, 0.4) is 0 Å². The predicted octanol–water partition coefficient (Wildman–Crippen LogP) is 7.07. The monoisotopic (exact) mass is 680 g/mol. The summed E-state index contributed by atoms with van der Waals surface area (Å²) in [6.07, 6.45) is 0.401. The van der Waals surface area contributed by atoms with Gasteiger partial charge in [0, 0.05) is 4.90 Å². The number of esters is 2. The third-order valence-corrected chi connectivity index (χ3v) is 10.2. The lowest BCUT2D eigenvalue weighted by Gasteiger charge is -2.44. The highest BCUT2D eigenvalue weighted by Crippen LogP contribution is 2.45. The van der Waals surface area contributed by atoms with Crippen LogP contribution in [0.15, 0.2) is 59.5 Å². The third-order valence-electron chi connectivity index (χ3n) is 7.15. The maximum Gasteiger partial charge on any atom is 0.345 e. The number of hydrogen-bond acceptors (Lipinski definition) is 8. The average Bonchev–Trinajstić information content (AvgIpc) is 2.95. The molecule has 0 saturated heterocycles. The highest BCUT2D eigenvalue weighted by Gasteiger charge is 2.66. The minimum atomic E-state index is -3.10. The van der Waals surface area contributed by atoms with E-state index in [4.69, 9.17) is 9.47 Å². The van der Waals surface area contributed by atoms with E-state index in [9.17, 15) is 23.6 Å². The van der Waals surface area contributed by atoms with Crippen molar-refractivity contribution in [3.8, 4) is 0 Å². The highest BCUT2D eigenvalue weighted by atomic mass is 33.1. The van der Waals surface area contributed by atoms with Crippen LogP contribution in [0.5, 0.6) is 0 Å². The van der Waals surface area contributed by atoms with Gasteiger partial charge in [-0.3, -0.25) is 9.59 Å². The van der Waals surface area contributed by atoms with E-state index in [1.54, 1.807) is 46.8 Å². The molecule has 46 heavy (non-hydrogen) atoms. The van der Waals surface area contributed by atoms with Gasteiger partial charge in [0.05, 0.1) is 10.8 Å².